The smallest absolute Gasteiger partial charge is 0.320 e. The molecule has 0 radical (unpaired) electrons. The number of amides is 2. The number of carbonyl (C=O) groups excluding carboxylic acids is 1. The van der Waals surface area contributed by atoms with E-state index in [1.165, 1.54) is 24.3 Å². The number of carbonyl (C=O) groups is 1. The van der Waals surface area contributed by atoms with Crippen LogP contribution < -0.4 is 10.9 Å². The van der Waals surface area contributed by atoms with Crippen LogP contribution in [0.2, 0.25) is 0 Å². The number of rotatable bonds is 5. The van der Waals surface area contributed by atoms with Gasteiger partial charge >= 0.3 is 6.03 Å². The average molecular weight is 582 g/mol. The summed E-state index contributed by atoms with van der Waals surface area (Å²) in [5.41, 5.74) is 0.285. The van der Waals surface area contributed by atoms with Gasteiger partial charge in [0.25, 0.3) is 5.56 Å². The maximum Gasteiger partial charge on any atom is 0.320 e. The van der Waals surface area contributed by atoms with Gasteiger partial charge in [-0.25, -0.2) is 22.9 Å². The number of nitrogens with one attached hydrogen (secondary N) is 1. The molecule has 3 aliphatic rings. The van der Waals surface area contributed by atoms with Crippen molar-refractivity contribution in [2.75, 3.05) is 26.2 Å². The highest BCUT2D eigenvalue weighted by Gasteiger charge is 2.48. The Morgan fingerprint density at radius 1 is 1.05 bits per heavy atom. The zero-order valence-corrected chi connectivity index (χ0v) is 24.0. The van der Waals surface area contributed by atoms with E-state index in [4.69, 9.17) is 0 Å². The first-order valence-corrected chi connectivity index (χ1v) is 15.2. The highest BCUT2D eigenvalue weighted by molar-refractivity contribution is 5.77. The number of hydrogen-bond acceptors (Lipinski definition) is 4. The summed E-state index contributed by atoms with van der Waals surface area (Å²) in [7, 11) is 0. The van der Waals surface area contributed by atoms with Gasteiger partial charge in [-0.3, -0.25) is 9.36 Å². The molecule has 1 aromatic heterocycles. The van der Waals surface area contributed by atoms with E-state index < -0.39 is 23.5 Å². The summed E-state index contributed by atoms with van der Waals surface area (Å²) in [6, 6.07) is 6.94. The lowest BCUT2D eigenvalue weighted by Crippen LogP contribution is -2.57. The summed E-state index contributed by atoms with van der Waals surface area (Å²) in [5.74, 6) is -1.33. The molecule has 42 heavy (non-hydrogen) atoms. The lowest BCUT2D eigenvalue weighted by molar-refractivity contribution is 0.0205. The highest BCUT2D eigenvalue weighted by atomic mass is 19.1. The molecule has 1 saturated carbocycles. The van der Waals surface area contributed by atoms with Crippen molar-refractivity contribution in [3.8, 4) is 0 Å². The van der Waals surface area contributed by atoms with Gasteiger partial charge in [-0.05, 0) is 86.4 Å². The van der Waals surface area contributed by atoms with Gasteiger partial charge in [0.05, 0.1) is 23.3 Å². The van der Waals surface area contributed by atoms with E-state index in [0.29, 0.717) is 44.5 Å². The first kappa shape index (κ1) is 28.7. The molecule has 7 nitrogen and oxygen atoms in total. The lowest BCUT2D eigenvalue weighted by Gasteiger charge is -2.49. The van der Waals surface area contributed by atoms with Gasteiger partial charge in [-0.1, -0.05) is 19.8 Å². The largest absolute Gasteiger partial charge is 0.324 e. The van der Waals surface area contributed by atoms with Gasteiger partial charge in [0.2, 0.25) is 0 Å². The minimum atomic E-state index is -0.564. The van der Waals surface area contributed by atoms with Crippen molar-refractivity contribution < 1.29 is 18.0 Å². The number of urea groups is 1. The molecule has 2 aliphatic heterocycles. The summed E-state index contributed by atoms with van der Waals surface area (Å²) in [6.07, 6.45) is 7.54. The molecule has 2 aromatic carbocycles. The van der Waals surface area contributed by atoms with Crippen molar-refractivity contribution in [1.82, 2.24) is 24.7 Å². The number of likely N-dealkylation sites (tertiary alicyclic amines) is 2. The molecular formula is C32H38F3N5O2. The van der Waals surface area contributed by atoms with Gasteiger partial charge in [0.1, 0.15) is 17.5 Å². The molecular weight excluding hydrogens is 543 g/mol. The molecule has 3 heterocycles. The van der Waals surface area contributed by atoms with Crippen molar-refractivity contribution in [1.29, 1.82) is 0 Å². The van der Waals surface area contributed by atoms with E-state index in [1.807, 2.05) is 11.8 Å². The van der Waals surface area contributed by atoms with E-state index in [2.05, 4.69) is 10.3 Å². The van der Waals surface area contributed by atoms with Crippen LogP contribution in [0.5, 0.6) is 0 Å². The third-order valence-corrected chi connectivity index (χ3v) is 9.85. The summed E-state index contributed by atoms with van der Waals surface area (Å²) in [5, 5.41) is 3.69. The second-order valence-electron chi connectivity index (χ2n) is 12.3. The maximum absolute atomic E-state index is 15.0. The van der Waals surface area contributed by atoms with E-state index in [9.17, 15) is 18.4 Å². The van der Waals surface area contributed by atoms with Gasteiger partial charge in [0, 0.05) is 37.8 Å². The number of halogens is 3. The van der Waals surface area contributed by atoms with Crippen LogP contribution in [0.25, 0.3) is 10.9 Å². The van der Waals surface area contributed by atoms with Crippen LogP contribution in [0.3, 0.4) is 0 Å². The highest BCUT2D eigenvalue weighted by Crippen LogP contribution is 2.49. The Morgan fingerprint density at radius 3 is 2.60 bits per heavy atom. The second kappa shape index (κ2) is 11.7. The predicted molar refractivity (Wildman–Crippen MR) is 154 cm³/mol. The van der Waals surface area contributed by atoms with Crippen LogP contribution in [-0.4, -0.2) is 57.6 Å². The summed E-state index contributed by atoms with van der Waals surface area (Å²) in [4.78, 5) is 35.4. The maximum atomic E-state index is 15.0. The van der Waals surface area contributed by atoms with Crippen molar-refractivity contribution in [3.05, 3.63) is 76.1 Å². The number of aromatic nitrogens is 2. The third-order valence-electron chi connectivity index (χ3n) is 9.85. The monoisotopic (exact) mass is 581 g/mol. The summed E-state index contributed by atoms with van der Waals surface area (Å²) >= 11 is 0. The Kier molecular flexibility index (Phi) is 8.00. The van der Waals surface area contributed by atoms with Gasteiger partial charge < -0.3 is 15.1 Å². The van der Waals surface area contributed by atoms with Gasteiger partial charge in [-0.15, -0.1) is 0 Å². The average Bonchev–Trinajstić information content (AvgIpc) is 3.45. The number of piperidine rings is 2. The molecule has 3 aromatic rings. The molecule has 2 saturated heterocycles. The van der Waals surface area contributed by atoms with E-state index >= 15 is 4.39 Å². The van der Waals surface area contributed by atoms with Gasteiger partial charge in [-0.2, -0.15) is 0 Å². The molecule has 0 unspecified atom stereocenters. The van der Waals surface area contributed by atoms with Crippen LogP contribution in [0.1, 0.15) is 63.5 Å². The number of hydrogen-bond donors (Lipinski definition) is 1. The fraction of sp³-hybridized carbons (Fsp3) is 0.531. The molecule has 3 atom stereocenters. The minimum absolute atomic E-state index is 0.112. The van der Waals surface area contributed by atoms with Crippen LogP contribution in [-0.2, 0) is 6.54 Å². The Morgan fingerprint density at radius 2 is 1.81 bits per heavy atom. The van der Waals surface area contributed by atoms with Crippen LogP contribution in [0.4, 0.5) is 18.0 Å². The van der Waals surface area contributed by atoms with Crippen molar-refractivity contribution >= 4 is 16.9 Å². The topological polar surface area (TPSA) is 70.5 Å². The SMILES string of the molecule is CCN[C@@H]1CCN(C(=O)N2CC[C@@H](Cn3cnc4ccc(F)cc4c3=O)C3(CCCC3)C2)[C@H](c2cc(F)ccc2F)C1. The van der Waals surface area contributed by atoms with Crippen LogP contribution >= 0.6 is 0 Å². The van der Waals surface area contributed by atoms with Crippen molar-refractivity contribution in [3.63, 3.8) is 0 Å². The van der Waals surface area contributed by atoms with E-state index in [1.54, 1.807) is 15.8 Å². The first-order chi connectivity index (χ1) is 20.3. The minimum Gasteiger partial charge on any atom is -0.324 e. The zero-order chi connectivity index (χ0) is 29.4. The Labute approximate surface area is 243 Å². The quantitative estimate of drug-likeness (QED) is 0.424. The fourth-order valence-electron chi connectivity index (χ4n) is 7.71. The van der Waals surface area contributed by atoms with Crippen molar-refractivity contribution in [2.45, 2.75) is 70.5 Å². The molecule has 10 heteroatoms. The molecule has 0 bridgehead atoms. The summed E-state index contributed by atoms with van der Waals surface area (Å²) < 4.78 is 44.7. The lowest BCUT2D eigenvalue weighted by atomic mass is 9.69. The first-order valence-electron chi connectivity index (χ1n) is 15.2. The summed E-state index contributed by atoms with van der Waals surface area (Å²) in [6.45, 7) is 4.77. The second-order valence-corrected chi connectivity index (χ2v) is 12.3. The number of nitrogens with zero attached hydrogens (tertiary/aromatic N) is 4. The van der Waals surface area contributed by atoms with Gasteiger partial charge in [0.15, 0.2) is 0 Å². The predicted octanol–water partition coefficient (Wildman–Crippen LogP) is 5.63. The Bertz CT molecular complexity index is 1520. The number of benzene rings is 2. The molecule has 3 fully saturated rings. The molecule has 6 rings (SSSR count). The Balaban J connectivity index is 1.24. The standard InChI is InChI=1S/C32H38F3N5O2/c1-2-36-24-10-14-40(29(17-24)25-15-22(33)5-7-27(25)35)31(42)38-13-9-21(32(19-38)11-3-4-12-32)18-39-20-37-28-8-6-23(34)16-26(28)30(39)41/h5-8,15-16,20-21,24,29,36H,2-4,9-14,17-19H2,1H3/t21-,24+,29-/m0/s1. The van der Waals surface area contributed by atoms with Crippen LogP contribution in [0.15, 0.2) is 47.5 Å². The molecule has 2 amide bonds. The zero-order valence-electron chi connectivity index (χ0n) is 24.0. The fourth-order valence-corrected chi connectivity index (χ4v) is 7.71. The Hall–Kier alpha value is -3.40. The normalized spacial score (nSPS) is 24.0. The molecule has 1 aliphatic carbocycles. The van der Waals surface area contributed by atoms with E-state index in [-0.39, 0.29) is 39.9 Å². The molecule has 1 spiro atoms. The van der Waals surface area contributed by atoms with E-state index in [0.717, 1.165) is 50.8 Å². The van der Waals surface area contributed by atoms with Crippen molar-refractivity contribution in [2.24, 2.45) is 11.3 Å². The van der Waals surface area contributed by atoms with Crippen LogP contribution in [0, 0.1) is 28.8 Å². The molecule has 224 valence electrons. The molecule has 1 N–H and O–H groups in total. The number of fused-ring (bicyclic) bond motifs is 1. The third kappa shape index (κ3) is 5.41.